The zero-order valence-electron chi connectivity index (χ0n) is 15.2. The van der Waals surface area contributed by atoms with E-state index in [4.69, 9.17) is 23.4 Å². The van der Waals surface area contributed by atoms with Crippen LogP contribution in [0.4, 0.5) is 5.69 Å². The fraction of sp³-hybridized carbons (Fsp3) is 0.0500. The number of para-hydroxylation sites is 1. The Morgan fingerprint density at radius 3 is 2.38 bits per heavy atom. The number of thiazole rings is 1. The second kappa shape index (κ2) is 7.51. The number of hydrogen-bond acceptors (Lipinski definition) is 7. The van der Waals surface area contributed by atoms with Crippen LogP contribution in [0.2, 0.25) is 0 Å². The molecule has 0 atom stereocenters. The maximum Gasteiger partial charge on any atom is 0.273 e. The van der Waals surface area contributed by atoms with E-state index in [2.05, 4.69) is 0 Å². The third kappa shape index (κ3) is 3.37. The topological polar surface area (TPSA) is 95.3 Å². The molecule has 2 heterocycles. The standard InChI is InChI=1S/C20H16N4O2S3/c1-11-7-9-13(10-8-11)24-18(26)15(29-20(24)27)19-23(12-5-3-2-4-6-12)16(21)14(28-19)17(22)25/h2-10,21,25H,22H2,1H3/b17-14?,19-15+,21-16?. The SMILES string of the molecule is Cc1ccc(N2C(=O)/C(=c3\sc(=C(N)O)c(=N)n3-c3ccccc3)SC2=S)cc1. The number of thioether (sulfide) groups is 1. The minimum Gasteiger partial charge on any atom is -0.494 e. The summed E-state index contributed by atoms with van der Waals surface area (Å²) in [6.07, 6.45) is 0. The summed E-state index contributed by atoms with van der Waals surface area (Å²) < 4.78 is 2.71. The molecule has 3 aromatic rings. The summed E-state index contributed by atoms with van der Waals surface area (Å²) in [6, 6.07) is 16.7. The molecule has 0 bridgehead atoms. The summed E-state index contributed by atoms with van der Waals surface area (Å²) in [5, 5.41) is 18.3. The maximum atomic E-state index is 13.3. The highest BCUT2D eigenvalue weighted by molar-refractivity contribution is 8.31. The van der Waals surface area contributed by atoms with Crippen LogP contribution in [0.15, 0.2) is 54.6 Å². The minimum atomic E-state index is -0.454. The van der Waals surface area contributed by atoms with E-state index < -0.39 is 5.88 Å². The van der Waals surface area contributed by atoms with Gasteiger partial charge in [-0.15, -0.1) is 11.3 Å². The third-order valence-electron chi connectivity index (χ3n) is 4.34. The van der Waals surface area contributed by atoms with Crippen LogP contribution in [0.3, 0.4) is 0 Å². The third-order valence-corrected chi connectivity index (χ3v) is 7.02. The molecule has 2 aromatic carbocycles. The van der Waals surface area contributed by atoms with Gasteiger partial charge in [-0.2, -0.15) is 0 Å². The Balaban J connectivity index is 1.99. The molecule has 0 aliphatic carbocycles. The van der Waals surface area contributed by atoms with Crippen LogP contribution in [-0.2, 0) is 4.79 Å². The minimum absolute atomic E-state index is 0.0109. The van der Waals surface area contributed by atoms with Gasteiger partial charge in [0.05, 0.1) is 5.69 Å². The van der Waals surface area contributed by atoms with E-state index in [1.807, 2.05) is 61.5 Å². The van der Waals surface area contributed by atoms with E-state index in [9.17, 15) is 9.90 Å². The second-order valence-electron chi connectivity index (χ2n) is 6.31. The predicted molar refractivity (Wildman–Crippen MR) is 121 cm³/mol. The Morgan fingerprint density at radius 2 is 1.76 bits per heavy atom. The molecular weight excluding hydrogens is 424 g/mol. The van der Waals surface area contributed by atoms with Crippen LogP contribution in [0.5, 0.6) is 0 Å². The summed E-state index contributed by atoms with van der Waals surface area (Å²) in [4.78, 5) is 15.2. The predicted octanol–water partition coefficient (Wildman–Crippen LogP) is 2.08. The summed E-state index contributed by atoms with van der Waals surface area (Å²) in [6.45, 7) is 1.97. The van der Waals surface area contributed by atoms with Gasteiger partial charge in [-0.3, -0.25) is 19.7 Å². The van der Waals surface area contributed by atoms with Gasteiger partial charge in [-0.1, -0.05) is 59.9 Å². The van der Waals surface area contributed by atoms with Gasteiger partial charge >= 0.3 is 0 Å². The number of nitrogens with two attached hydrogens (primary N) is 1. The molecule has 9 heteroatoms. The Hall–Kier alpha value is -2.88. The molecule has 146 valence electrons. The average molecular weight is 441 g/mol. The van der Waals surface area contributed by atoms with Crippen molar-refractivity contribution in [2.24, 2.45) is 5.73 Å². The number of rotatable bonds is 2. The summed E-state index contributed by atoms with van der Waals surface area (Å²) in [7, 11) is 0. The van der Waals surface area contributed by atoms with Crippen molar-refractivity contribution in [3.63, 3.8) is 0 Å². The van der Waals surface area contributed by atoms with E-state index in [1.54, 1.807) is 4.57 Å². The maximum absolute atomic E-state index is 13.3. The zero-order valence-corrected chi connectivity index (χ0v) is 17.7. The van der Waals surface area contributed by atoms with Crippen molar-refractivity contribution in [2.75, 3.05) is 4.90 Å². The molecule has 1 fully saturated rings. The molecule has 1 saturated heterocycles. The smallest absolute Gasteiger partial charge is 0.273 e. The van der Waals surface area contributed by atoms with Gasteiger partial charge in [-0.25, -0.2) is 0 Å². The van der Waals surface area contributed by atoms with Gasteiger partial charge in [-0.05, 0) is 31.2 Å². The van der Waals surface area contributed by atoms with Crippen molar-refractivity contribution in [1.82, 2.24) is 4.57 Å². The zero-order chi connectivity index (χ0) is 20.7. The molecule has 0 radical (unpaired) electrons. The number of aliphatic hydroxyl groups excluding tert-OH is 1. The number of anilines is 1. The highest BCUT2D eigenvalue weighted by Crippen LogP contribution is 2.35. The Morgan fingerprint density at radius 1 is 1.10 bits per heavy atom. The van der Waals surface area contributed by atoms with Gasteiger partial charge in [0.15, 0.2) is 9.81 Å². The quantitative estimate of drug-likeness (QED) is 0.531. The lowest BCUT2D eigenvalue weighted by Crippen LogP contribution is -2.34. The first-order valence-corrected chi connectivity index (χ1v) is 10.6. The Bertz CT molecular complexity index is 1300. The Labute approximate surface area is 179 Å². The molecule has 4 rings (SSSR count). The van der Waals surface area contributed by atoms with E-state index in [-0.39, 0.29) is 15.9 Å². The van der Waals surface area contributed by atoms with Gasteiger partial charge in [0.1, 0.15) is 14.1 Å². The van der Waals surface area contributed by atoms with Crippen molar-refractivity contribution < 1.29 is 9.90 Å². The lowest BCUT2D eigenvalue weighted by molar-refractivity contribution is -0.112. The number of carbonyl (C=O) groups is 1. The first kappa shape index (κ1) is 19.4. The number of nitrogens with one attached hydrogen (secondary N) is 1. The molecule has 0 spiro atoms. The van der Waals surface area contributed by atoms with Crippen molar-refractivity contribution in [1.29, 1.82) is 5.41 Å². The summed E-state index contributed by atoms with van der Waals surface area (Å²) in [5.74, 6) is -0.720. The van der Waals surface area contributed by atoms with Crippen LogP contribution in [-0.4, -0.2) is 19.9 Å². The highest BCUT2D eigenvalue weighted by atomic mass is 32.2. The number of aliphatic hydroxyl groups is 1. The number of carbonyl (C=O) groups excluding carboxylic acids is 1. The van der Waals surface area contributed by atoms with Crippen LogP contribution < -0.4 is 25.3 Å². The molecule has 6 nitrogen and oxygen atoms in total. The van der Waals surface area contributed by atoms with E-state index in [1.165, 1.54) is 16.7 Å². The first-order chi connectivity index (χ1) is 13.9. The van der Waals surface area contributed by atoms with Crippen molar-refractivity contribution in [3.8, 4) is 5.69 Å². The average Bonchev–Trinajstić information content (AvgIpc) is 3.19. The second-order valence-corrected chi connectivity index (χ2v) is 8.96. The lowest BCUT2D eigenvalue weighted by Gasteiger charge is -2.14. The number of benzene rings is 2. The number of nitrogens with zero attached hydrogens (tertiary/aromatic N) is 2. The molecule has 0 unspecified atom stereocenters. The van der Waals surface area contributed by atoms with Crippen LogP contribution >= 0.6 is 35.3 Å². The van der Waals surface area contributed by atoms with Crippen LogP contribution in [0.1, 0.15) is 5.56 Å². The summed E-state index contributed by atoms with van der Waals surface area (Å²) >= 11 is 7.74. The number of thiocarbonyl (C=S) groups is 1. The summed E-state index contributed by atoms with van der Waals surface area (Å²) in [5.41, 5.74) is 8.06. The normalized spacial score (nSPS) is 17.1. The molecule has 4 N–H and O–H groups in total. The van der Waals surface area contributed by atoms with Crippen molar-refractivity contribution in [2.45, 2.75) is 6.92 Å². The first-order valence-electron chi connectivity index (χ1n) is 8.56. The molecule has 1 aromatic heterocycles. The fourth-order valence-electron chi connectivity index (χ4n) is 2.95. The van der Waals surface area contributed by atoms with E-state index >= 15 is 0 Å². The highest BCUT2D eigenvalue weighted by Gasteiger charge is 2.35. The molecule has 1 aliphatic rings. The number of aryl methyl sites for hydroxylation is 1. The van der Waals surface area contributed by atoms with Crippen LogP contribution in [0, 0.1) is 12.3 Å². The van der Waals surface area contributed by atoms with Gasteiger partial charge in [0, 0.05) is 5.69 Å². The molecule has 0 saturated carbocycles. The van der Waals surface area contributed by atoms with Gasteiger partial charge in [0.25, 0.3) is 5.91 Å². The van der Waals surface area contributed by atoms with Gasteiger partial charge in [0.2, 0.25) is 5.88 Å². The number of hydrogen-bond donors (Lipinski definition) is 3. The monoisotopic (exact) mass is 440 g/mol. The van der Waals surface area contributed by atoms with Gasteiger partial charge < -0.3 is 10.8 Å². The Kier molecular flexibility index (Phi) is 5.03. The fourth-order valence-corrected chi connectivity index (χ4v) is 5.40. The molecule has 1 amide bonds. The van der Waals surface area contributed by atoms with Crippen molar-refractivity contribution in [3.05, 3.63) is 74.8 Å². The van der Waals surface area contributed by atoms with E-state index in [0.717, 1.165) is 16.9 Å². The largest absolute Gasteiger partial charge is 0.494 e. The number of amides is 1. The van der Waals surface area contributed by atoms with Crippen molar-refractivity contribution >= 4 is 62.0 Å². The number of aromatic nitrogens is 1. The molecule has 1 aliphatic heterocycles. The van der Waals surface area contributed by atoms with E-state index in [0.29, 0.717) is 25.3 Å². The molecule has 29 heavy (non-hydrogen) atoms. The lowest BCUT2D eigenvalue weighted by atomic mass is 10.2. The molecular formula is C20H16N4O2S3. The van der Waals surface area contributed by atoms with Crippen LogP contribution in [0.25, 0.3) is 16.5 Å².